The minimum atomic E-state index is -0.689. The molecule has 346 valence electrons. The third kappa shape index (κ3) is 8.04. The summed E-state index contributed by atoms with van der Waals surface area (Å²) >= 11 is 0. The number of esters is 2. The average molecular weight is 922 g/mol. The number of carbonyl (C=O) groups is 2. The molecule has 7 bridgehead atoms. The summed E-state index contributed by atoms with van der Waals surface area (Å²) in [6.45, 7) is 1.75. The van der Waals surface area contributed by atoms with Crippen LogP contribution in [0.15, 0.2) is 136 Å². The van der Waals surface area contributed by atoms with Crippen molar-refractivity contribution in [3.05, 3.63) is 127 Å². The molecular weight excluding hydrogens is 865 g/mol. The minimum Gasteiger partial charge on any atom is -0.482 e. The van der Waals surface area contributed by atoms with Gasteiger partial charge in [-0.15, -0.1) is 0 Å². The zero-order valence-electron chi connectivity index (χ0n) is 37.8. The molecule has 0 heterocycles. The normalized spacial score (nSPS) is 32.8. The predicted molar refractivity (Wildman–Crippen MR) is 250 cm³/mol. The van der Waals surface area contributed by atoms with Crippen LogP contribution in [0.25, 0.3) is 0 Å². The fraction of sp³-hybridized carbons (Fsp3) is 0.429. The SMILES string of the molecule is Cc1ccc([S+](c2ccc(Oc3ccc(OCC(=O)OC45CC6CC(CC(O)(C6)C4)C5)cc3)cc2)c2ccc(Oc3ccc(OCC(=O)OC45CC6CC7(O)CC(C4)C5(C6)C7)cc3)cc2)cc1. The van der Waals surface area contributed by atoms with E-state index >= 15 is 0 Å². The van der Waals surface area contributed by atoms with E-state index in [9.17, 15) is 19.8 Å². The molecule has 10 nitrogen and oxygen atoms in total. The molecule has 1 spiro atoms. The molecular formula is C56H57O10S+. The number of aryl methyl sites for hydroxylation is 1. The Morgan fingerprint density at radius 2 is 0.955 bits per heavy atom. The van der Waals surface area contributed by atoms with Crippen molar-refractivity contribution in [2.24, 2.45) is 29.1 Å². The van der Waals surface area contributed by atoms with Crippen LogP contribution in [0.4, 0.5) is 0 Å². The molecule has 11 heteroatoms. The number of hydrogen-bond donors (Lipinski definition) is 2. The van der Waals surface area contributed by atoms with Gasteiger partial charge in [0, 0.05) is 11.8 Å². The van der Waals surface area contributed by atoms with E-state index in [1.807, 2.05) is 48.5 Å². The molecule has 8 aliphatic carbocycles. The Balaban J connectivity index is 0.646. The molecule has 0 amide bonds. The van der Waals surface area contributed by atoms with E-state index < -0.39 is 39.3 Å². The first-order valence-electron chi connectivity index (χ1n) is 24.0. The first-order valence-corrected chi connectivity index (χ1v) is 25.3. The summed E-state index contributed by atoms with van der Waals surface area (Å²) in [6, 6.07) is 39.5. The number of hydrogen-bond acceptors (Lipinski definition) is 10. The Morgan fingerprint density at radius 3 is 1.48 bits per heavy atom. The molecule has 8 fully saturated rings. The van der Waals surface area contributed by atoms with Gasteiger partial charge in [-0.2, -0.15) is 0 Å². The van der Waals surface area contributed by atoms with Gasteiger partial charge in [-0.1, -0.05) is 17.7 Å². The summed E-state index contributed by atoms with van der Waals surface area (Å²) in [5.41, 5.74) is -1.06. The summed E-state index contributed by atoms with van der Waals surface area (Å²) < 4.78 is 36.4. The van der Waals surface area contributed by atoms with Crippen LogP contribution in [0.3, 0.4) is 0 Å². The van der Waals surface area contributed by atoms with Crippen molar-refractivity contribution < 1.29 is 48.2 Å². The van der Waals surface area contributed by atoms with Crippen LogP contribution in [-0.2, 0) is 30.0 Å². The van der Waals surface area contributed by atoms with Crippen molar-refractivity contribution >= 4 is 22.8 Å². The fourth-order valence-electron chi connectivity index (χ4n) is 14.4. The maximum atomic E-state index is 13.1. The lowest BCUT2D eigenvalue weighted by Gasteiger charge is -2.59. The van der Waals surface area contributed by atoms with Crippen LogP contribution in [0.1, 0.15) is 82.6 Å². The maximum absolute atomic E-state index is 13.1. The second-order valence-electron chi connectivity index (χ2n) is 21.2. The van der Waals surface area contributed by atoms with Crippen LogP contribution in [0.5, 0.6) is 34.5 Å². The highest BCUT2D eigenvalue weighted by atomic mass is 32.2. The first-order chi connectivity index (χ1) is 32.3. The van der Waals surface area contributed by atoms with E-state index in [2.05, 4.69) is 55.5 Å². The number of benzene rings is 5. The highest BCUT2D eigenvalue weighted by Crippen LogP contribution is 2.79. The Labute approximate surface area is 394 Å². The van der Waals surface area contributed by atoms with E-state index in [0.717, 1.165) is 80.4 Å². The highest BCUT2D eigenvalue weighted by molar-refractivity contribution is 7.97. The zero-order chi connectivity index (χ0) is 45.6. The Bertz CT molecular complexity index is 2650. The van der Waals surface area contributed by atoms with Crippen LogP contribution < -0.4 is 18.9 Å². The standard InChI is InChI=1S/C56H57O10S/c1-36-2-16-47(17-3-36)67(48-18-12-45(13-19-48)63-43-8-4-41(5-9-43)61-32-50(57)65-54-26-37-22-38(27-54)24-52(59,23-37)34-54)49-20-14-46(15-21-49)64-44-10-6-42(7-11-44)62-33-51(58)66-56-29-39-25-53(60)30-40(31-56)55(56,28-39)35-53/h2-21,37-40,59-60H,22-35H2,1H3/q+1. The monoisotopic (exact) mass is 921 g/mol. The zero-order valence-corrected chi connectivity index (χ0v) is 38.6. The average Bonchev–Trinajstić information content (AvgIpc) is 3.58. The van der Waals surface area contributed by atoms with Crippen molar-refractivity contribution in [3.8, 4) is 34.5 Å². The Kier molecular flexibility index (Phi) is 10.3. The van der Waals surface area contributed by atoms with E-state index in [-0.39, 0.29) is 24.6 Å². The lowest BCUT2D eigenvalue weighted by molar-refractivity contribution is -0.221. The van der Waals surface area contributed by atoms with Crippen molar-refractivity contribution in [2.45, 2.75) is 121 Å². The number of aliphatic hydroxyl groups is 2. The van der Waals surface area contributed by atoms with Crippen molar-refractivity contribution in [1.29, 1.82) is 0 Å². The molecule has 67 heavy (non-hydrogen) atoms. The van der Waals surface area contributed by atoms with Gasteiger partial charge in [0.05, 0.1) is 22.1 Å². The molecule has 5 aromatic carbocycles. The third-order valence-electron chi connectivity index (χ3n) is 16.3. The third-order valence-corrected chi connectivity index (χ3v) is 18.5. The van der Waals surface area contributed by atoms with Crippen molar-refractivity contribution in [1.82, 2.24) is 0 Å². The molecule has 8 unspecified atom stereocenters. The van der Waals surface area contributed by atoms with E-state index in [4.69, 9.17) is 28.4 Å². The van der Waals surface area contributed by atoms with E-state index in [1.165, 1.54) is 10.5 Å². The van der Waals surface area contributed by atoms with Crippen LogP contribution in [0.2, 0.25) is 0 Å². The van der Waals surface area contributed by atoms with E-state index in [0.29, 0.717) is 64.6 Å². The molecule has 8 aliphatic rings. The number of fused-ring (bicyclic) bond motifs is 2. The lowest BCUT2D eigenvalue weighted by Crippen LogP contribution is -2.60. The minimum absolute atomic E-state index is 0.0299. The topological polar surface area (TPSA) is 130 Å². The van der Waals surface area contributed by atoms with Gasteiger partial charge in [0.25, 0.3) is 0 Å². The molecule has 5 aromatic rings. The summed E-state index contributed by atoms with van der Waals surface area (Å²) in [6.07, 6.45) is 10.3. The highest BCUT2D eigenvalue weighted by Gasteiger charge is 2.79. The summed E-state index contributed by atoms with van der Waals surface area (Å²) in [7, 11) is -0.407. The smallest absolute Gasteiger partial charge is 0.344 e. The van der Waals surface area contributed by atoms with Gasteiger partial charge in [0.2, 0.25) is 0 Å². The van der Waals surface area contributed by atoms with E-state index in [1.54, 1.807) is 24.3 Å². The van der Waals surface area contributed by atoms with Crippen LogP contribution in [0, 0.1) is 36.0 Å². The summed E-state index contributed by atoms with van der Waals surface area (Å²) in [5.74, 6) is 4.85. The fourth-order valence-corrected chi connectivity index (χ4v) is 16.5. The van der Waals surface area contributed by atoms with Gasteiger partial charge < -0.3 is 38.6 Å². The van der Waals surface area contributed by atoms with Crippen LogP contribution >= 0.6 is 0 Å². The maximum Gasteiger partial charge on any atom is 0.344 e. The molecule has 2 N–H and O–H groups in total. The largest absolute Gasteiger partial charge is 0.482 e. The molecule has 8 saturated carbocycles. The summed E-state index contributed by atoms with van der Waals surface area (Å²) in [5, 5.41) is 22.1. The second-order valence-corrected chi connectivity index (χ2v) is 23.3. The quantitative estimate of drug-likeness (QED) is 0.0773. The first kappa shape index (κ1) is 42.8. The van der Waals surface area contributed by atoms with Gasteiger partial charge in [-0.05, 0) is 210 Å². The molecule has 13 rings (SSSR count). The summed E-state index contributed by atoms with van der Waals surface area (Å²) in [4.78, 5) is 29.4. The van der Waals surface area contributed by atoms with Gasteiger partial charge in [-0.3, -0.25) is 0 Å². The molecule has 0 aromatic heterocycles. The Hall–Kier alpha value is -5.49. The molecule has 0 aliphatic heterocycles. The van der Waals surface area contributed by atoms with Crippen molar-refractivity contribution in [2.75, 3.05) is 13.2 Å². The number of ether oxygens (including phenoxy) is 6. The molecule has 0 saturated heterocycles. The van der Waals surface area contributed by atoms with Gasteiger partial charge >= 0.3 is 11.9 Å². The predicted octanol–water partition coefficient (Wildman–Crippen LogP) is 10.7. The van der Waals surface area contributed by atoms with Crippen molar-refractivity contribution in [3.63, 3.8) is 0 Å². The van der Waals surface area contributed by atoms with Gasteiger partial charge in [0.1, 0.15) is 45.7 Å². The molecule has 8 atom stereocenters. The molecule has 0 radical (unpaired) electrons. The number of carbonyl (C=O) groups excluding carboxylic acids is 2. The van der Waals surface area contributed by atoms with Crippen LogP contribution in [-0.4, -0.2) is 57.8 Å². The number of rotatable bonds is 15. The Morgan fingerprint density at radius 1 is 0.507 bits per heavy atom. The lowest BCUT2D eigenvalue weighted by atomic mass is 9.52. The van der Waals surface area contributed by atoms with Gasteiger partial charge in [-0.25, -0.2) is 9.59 Å². The second kappa shape index (κ2) is 16.1. The van der Waals surface area contributed by atoms with Gasteiger partial charge in [0.15, 0.2) is 27.9 Å².